The summed E-state index contributed by atoms with van der Waals surface area (Å²) in [5, 5.41) is -0.549. The average molecular weight is 375 g/mol. The standard InChI is InChI=1S/C15H15F2NO4S2/c1-3-23(19,20)14-7-11(9-18-15(14)24(21,22)4-2)10-5-12(16)8-13(17)6-10/h5-9H,3-4H2,1-2H3. The highest BCUT2D eigenvalue weighted by Crippen LogP contribution is 2.28. The summed E-state index contributed by atoms with van der Waals surface area (Å²) >= 11 is 0. The van der Waals surface area contributed by atoms with Crippen molar-refractivity contribution in [3.05, 3.63) is 42.1 Å². The summed E-state index contributed by atoms with van der Waals surface area (Å²) in [7, 11) is -7.78. The van der Waals surface area contributed by atoms with Gasteiger partial charge < -0.3 is 0 Å². The van der Waals surface area contributed by atoms with Crippen molar-refractivity contribution in [2.45, 2.75) is 23.8 Å². The van der Waals surface area contributed by atoms with Crippen LogP contribution < -0.4 is 0 Å². The first-order valence-corrected chi connectivity index (χ1v) is 10.3. The van der Waals surface area contributed by atoms with Gasteiger partial charge in [0.2, 0.25) is 0 Å². The van der Waals surface area contributed by atoms with Gasteiger partial charge in [0.05, 0.1) is 11.5 Å². The first-order valence-electron chi connectivity index (χ1n) is 7.02. The predicted octanol–water partition coefficient (Wildman–Crippen LogP) is 2.61. The minimum atomic E-state index is -3.90. The first-order chi connectivity index (χ1) is 11.1. The van der Waals surface area contributed by atoms with E-state index in [0.29, 0.717) is 6.07 Å². The molecule has 2 rings (SSSR count). The van der Waals surface area contributed by atoms with Crippen molar-refractivity contribution in [1.29, 1.82) is 0 Å². The predicted molar refractivity (Wildman–Crippen MR) is 85.0 cm³/mol. The maximum atomic E-state index is 13.4. The third-order valence-corrected chi connectivity index (χ3v) is 6.95. The molecule has 0 atom stereocenters. The van der Waals surface area contributed by atoms with E-state index in [1.54, 1.807) is 0 Å². The van der Waals surface area contributed by atoms with Crippen LogP contribution in [0.15, 0.2) is 40.4 Å². The van der Waals surface area contributed by atoms with Crippen molar-refractivity contribution < 1.29 is 25.6 Å². The zero-order chi connectivity index (χ0) is 18.1. The Balaban J connectivity index is 2.78. The molecular weight excluding hydrogens is 360 g/mol. The zero-order valence-corrected chi connectivity index (χ0v) is 14.6. The molecule has 0 saturated heterocycles. The molecule has 5 nitrogen and oxygen atoms in total. The molecule has 0 bridgehead atoms. The van der Waals surface area contributed by atoms with Crippen LogP contribution in [0.3, 0.4) is 0 Å². The normalized spacial score (nSPS) is 12.3. The van der Waals surface area contributed by atoms with E-state index in [4.69, 9.17) is 0 Å². The summed E-state index contributed by atoms with van der Waals surface area (Å²) < 4.78 is 75.4. The molecule has 1 heterocycles. The van der Waals surface area contributed by atoms with Crippen molar-refractivity contribution in [2.75, 3.05) is 11.5 Å². The fourth-order valence-corrected chi connectivity index (χ4v) is 4.61. The smallest absolute Gasteiger partial charge is 0.196 e. The molecule has 0 unspecified atom stereocenters. The molecule has 0 N–H and O–H groups in total. The van der Waals surface area contributed by atoms with E-state index >= 15 is 0 Å². The van der Waals surface area contributed by atoms with Crippen molar-refractivity contribution in [3.63, 3.8) is 0 Å². The number of nitrogens with zero attached hydrogens (tertiary/aromatic N) is 1. The summed E-state index contributed by atoms with van der Waals surface area (Å²) in [6.45, 7) is 2.74. The van der Waals surface area contributed by atoms with Gasteiger partial charge in [-0.25, -0.2) is 30.6 Å². The van der Waals surface area contributed by atoms with E-state index in [1.807, 2.05) is 0 Å². The average Bonchev–Trinajstić information content (AvgIpc) is 2.53. The maximum Gasteiger partial charge on any atom is 0.196 e. The molecule has 0 spiro atoms. The topological polar surface area (TPSA) is 81.2 Å². The maximum absolute atomic E-state index is 13.4. The molecule has 2 aromatic rings. The Morgan fingerprint density at radius 1 is 0.833 bits per heavy atom. The Bertz CT molecular complexity index is 966. The van der Waals surface area contributed by atoms with Crippen molar-refractivity contribution in [1.82, 2.24) is 4.98 Å². The highest BCUT2D eigenvalue weighted by Gasteiger charge is 2.26. The van der Waals surface area contributed by atoms with Crippen LogP contribution in [0.25, 0.3) is 11.1 Å². The van der Waals surface area contributed by atoms with Gasteiger partial charge in [-0.15, -0.1) is 0 Å². The highest BCUT2D eigenvalue weighted by molar-refractivity contribution is 7.94. The third kappa shape index (κ3) is 3.62. The lowest BCUT2D eigenvalue weighted by Crippen LogP contribution is -2.15. The molecule has 130 valence electrons. The van der Waals surface area contributed by atoms with Crippen LogP contribution in [0.1, 0.15) is 13.8 Å². The number of pyridine rings is 1. The van der Waals surface area contributed by atoms with Gasteiger partial charge in [0.1, 0.15) is 16.5 Å². The lowest BCUT2D eigenvalue weighted by molar-refractivity contribution is 0.579. The summed E-state index contributed by atoms with van der Waals surface area (Å²) in [4.78, 5) is 3.30. The van der Waals surface area contributed by atoms with Crippen LogP contribution in [-0.2, 0) is 19.7 Å². The molecule has 0 radical (unpaired) electrons. The third-order valence-electron chi connectivity index (χ3n) is 3.40. The Kier molecular flexibility index (Phi) is 5.05. The molecule has 0 amide bonds. The van der Waals surface area contributed by atoms with Gasteiger partial charge in [-0.05, 0) is 23.8 Å². The van der Waals surface area contributed by atoms with E-state index in [2.05, 4.69) is 4.98 Å². The van der Waals surface area contributed by atoms with Crippen molar-refractivity contribution >= 4 is 19.7 Å². The number of rotatable bonds is 5. The minimum absolute atomic E-state index is 0.0630. The molecule has 0 fully saturated rings. The Labute approximate surface area is 139 Å². The first kappa shape index (κ1) is 18.5. The monoisotopic (exact) mass is 375 g/mol. The quantitative estimate of drug-likeness (QED) is 0.802. The van der Waals surface area contributed by atoms with Crippen LogP contribution in [0, 0.1) is 11.6 Å². The van der Waals surface area contributed by atoms with E-state index in [9.17, 15) is 25.6 Å². The molecule has 0 aliphatic rings. The Morgan fingerprint density at radius 3 is 1.88 bits per heavy atom. The highest BCUT2D eigenvalue weighted by atomic mass is 32.2. The van der Waals surface area contributed by atoms with Crippen LogP contribution in [-0.4, -0.2) is 33.3 Å². The van der Waals surface area contributed by atoms with Crippen LogP contribution in [0.4, 0.5) is 8.78 Å². The van der Waals surface area contributed by atoms with E-state index in [0.717, 1.165) is 24.4 Å². The molecule has 1 aromatic carbocycles. The molecular formula is C15H15F2NO4S2. The largest absolute Gasteiger partial charge is 0.243 e. The SMILES string of the molecule is CCS(=O)(=O)c1cc(-c2cc(F)cc(F)c2)cnc1S(=O)(=O)CC. The number of hydrogen-bond donors (Lipinski definition) is 0. The lowest BCUT2D eigenvalue weighted by Gasteiger charge is -2.11. The van der Waals surface area contributed by atoms with Gasteiger partial charge in [-0.1, -0.05) is 13.8 Å². The molecule has 9 heteroatoms. The molecule has 0 aliphatic heterocycles. The number of hydrogen-bond acceptors (Lipinski definition) is 5. The van der Waals surface area contributed by atoms with Gasteiger partial charge >= 0.3 is 0 Å². The molecule has 0 saturated carbocycles. The van der Waals surface area contributed by atoms with Crippen molar-refractivity contribution in [3.8, 4) is 11.1 Å². The number of halogens is 2. The van der Waals surface area contributed by atoms with Gasteiger partial charge in [0.25, 0.3) is 0 Å². The van der Waals surface area contributed by atoms with E-state index < -0.39 is 41.2 Å². The van der Waals surface area contributed by atoms with Crippen LogP contribution in [0.2, 0.25) is 0 Å². The second-order valence-electron chi connectivity index (χ2n) is 4.99. The summed E-state index contributed by atoms with van der Waals surface area (Å²) in [5.74, 6) is -2.33. The molecule has 1 aromatic heterocycles. The Morgan fingerprint density at radius 2 is 1.38 bits per heavy atom. The molecule has 24 heavy (non-hydrogen) atoms. The van der Waals surface area contributed by atoms with Crippen LogP contribution in [0.5, 0.6) is 0 Å². The fraction of sp³-hybridized carbons (Fsp3) is 0.267. The lowest BCUT2D eigenvalue weighted by atomic mass is 10.1. The summed E-state index contributed by atoms with van der Waals surface area (Å²) in [6.07, 6.45) is 1.09. The second-order valence-corrected chi connectivity index (χ2v) is 9.43. The van der Waals surface area contributed by atoms with Crippen LogP contribution >= 0.6 is 0 Å². The fourth-order valence-electron chi connectivity index (χ4n) is 2.06. The second kappa shape index (κ2) is 6.56. The Hall–Kier alpha value is -1.87. The number of sulfone groups is 2. The van der Waals surface area contributed by atoms with E-state index in [-0.39, 0.29) is 22.6 Å². The molecule has 0 aliphatic carbocycles. The van der Waals surface area contributed by atoms with Gasteiger partial charge in [-0.3, -0.25) is 0 Å². The van der Waals surface area contributed by atoms with Gasteiger partial charge in [-0.2, -0.15) is 0 Å². The van der Waals surface area contributed by atoms with Crippen molar-refractivity contribution in [2.24, 2.45) is 0 Å². The van der Waals surface area contributed by atoms with Gasteiger partial charge in [0.15, 0.2) is 24.7 Å². The summed E-state index contributed by atoms with van der Waals surface area (Å²) in [5.41, 5.74) is 0.170. The summed E-state index contributed by atoms with van der Waals surface area (Å²) in [6, 6.07) is 3.78. The van der Waals surface area contributed by atoms with E-state index in [1.165, 1.54) is 13.8 Å². The number of benzene rings is 1. The minimum Gasteiger partial charge on any atom is -0.243 e. The zero-order valence-electron chi connectivity index (χ0n) is 13.0. The number of aromatic nitrogens is 1. The van der Waals surface area contributed by atoms with Gasteiger partial charge in [0, 0.05) is 17.8 Å².